The van der Waals surface area contributed by atoms with E-state index in [-0.39, 0.29) is 0 Å². The van der Waals surface area contributed by atoms with Gasteiger partial charge in [0, 0.05) is 22.1 Å². The summed E-state index contributed by atoms with van der Waals surface area (Å²) in [6.07, 6.45) is 5.61. The van der Waals surface area contributed by atoms with Crippen molar-refractivity contribution in [3.05, 3.63) is 96.1 Å². The molecule has 0 fully saturated rings. The summed E-state index contributed by atoms with van der Waals surface area (Å²) >= 11 is 0. The number of hydrogen-bond acceptors (Lipinski definition) is 1. The Kier molecular flexibility index (Phi) is 4.05. The highest BCUT2D eigenvalue weighted by molar-refractivity contribution is 6.10. The van der Waals surface area contributed by atoms with Gasteiger partial charge in [-0.2, -0.15) is 0 Å². The van der Waals surface area contributed by atoms with Crippen LogP contribution in [0.1, 0.15) is 20.3 Å². The third-order valence-electron chi connectivity index (χ3n) is 5.83. The summed E-state index contributed by atoms with van der Waals surface area (Å²) in [6, 6.07) is 26.4. The minimum Gasteiger partial charge on any atom is -0.378 e. The second-order valence-electron chi connectivity index (χ2n) is 7.48. The van der Waals surface area contributed by atoms with E-state index in [9.17, 15) is 0 Å². The van der Waals surface area contributed by atoms with Crippen LogP contribution in [0.2, 0.25) is 0 Å². The maximum Gasteiger partial charge on any atom is 0.0547 e. The zero-order valence-electron chi connectivity index (χ0n) is 16.3. The smallest absolute Gasteiger partial charge is 0.0547 e. The van der Waals surface area contributed by atoms with Crippen molar-refractivity contribution in [3.63, 3.8) is 0 Å². The lowest BCUT2D eigenvalue weighted by Gasteiger charge is -2.17. The fourth-order valence-electron chi connectivity index (χ4n) is 4.50. The van der Waals surface area contributed by atoms with Gasteiger partial charge in [-0.3, -0.25) is 0 Å². The molecule has 0 saturated carbocycles. The number of benzene rings is 3. The highest BCUT2D eigenvalue weighted by Gasteiger charge is 2.20. The molecule has 1 aromatic heterocycles. The second-order valence-corrected chi connectivity index (χ2v) is 7.48. The number of allylic oxidation sites excluding steroid dienone is 1. The normalized spacial score (nSPS) is 18.1. The van der Waals surface area contributed by atoms with E-state index < -0.39 is 0 Å². The molecule has 2 nitrogen and oxygen atoms in total. The maximum absolute atomic E-state index is 3.75. The van der Waals surface area contributed by atoms with Gasteiger partial charge < -0.3 is 9.88 Å². The van der Waals surface area contributed by atoms with Gasteiger partial charge in [0.25, 0.3) is 0 Å². The fourth-order valence-corrected chi connectivity index (χ4v) is 4.50. The lowest BCUT2D eigenvalue weighted by atomic mass is 10.1. The first kappa shape index (κ1) is 16.9. The number of nitrogens with one attached hydrogen (secondary N) is 1. The Morgan fingerprint density at radius 1 is 0.893 bits per heavy atom. The molecule has 0 amide bonds. The molecule has 28 heavy (non-hydrogen) atoms. The number of para-hydroxylation sites is 2. The zero-order valence-corrected chi connectivity index (χ0v) is 16.3. The summed E-state index contributed by atoms with van der Waals surface area (Å²) in [5, 5.41) is 6.32. The van der Waals surface area contributed by atoms with E-state index >= 15 is 0 Å². The molecule has 0 radical (unpaired) electrons. The van der Waals surface area contributed by atoms with Crippen LogP contribution >= 0.6 is 0 Å². The molecule has 1 aliphatic carbocycles. The predicted octanol–water partition coefficient (Wildman–Crippen LogP) is 6.86. The Bertz CT molecular complexity index is 1230. The van der Waals surface area contributed by atoms with Gasteiger partial charge in [0.2, 0.25) is 0 Å². The van der Waals surface area contributed by atoms with E-state index in [0.29, 0.717) is 6.04 Å². The number of hydrogen-bond donors (Lipinski definition) is 1. The summed E-state index contributed by atoms with van der Waals surface area (Å²) in [5.74, 6) is 0. The highest BCUT2D eigenvalue weighted by atomic mass is 15.0. The van der Waals surface area contributed by atoms with Crippen LogP contribution in [-0.4, -0.2) is 10.6 Å². The maximum atomic E-state index is 3.75. The number of rotatable bonds is 3. The van der Waals surface area contributed by atoms with Gasteiger partial charge in [-0.05, 0) is 62.2 Å². The van der Waals surface area contributed by atoms with E-state index in [2.05, 4.69) is 109 Å². The zero-order chi connectivity index (χ0) is 19.1. The van der Waals surface area contributed by atoms with Crippen molar-refractivity contribution in [2.45, 2.75) is 26.3 Å². The Morgan fingerprint density at radius 2 is 1.64 bits per heavy atom. The molecule has 1 aliphatic rings. The molecule has 3 aromatic carbocycles. The topological polar surface area (TPSA) is 17.0 Å². The molecular formula is C26H24N2. The first-order valence-corrected chi connectivity index (χ1v) is 9.95. The van der Waals surface area contributed by atoms with Crippen molar-refractivity contribution in [1.29, 1.82) is 0 Å². The molecule has 5 rings (SSSR count). The monoisotopic (exact) mass is 364 g/mol. The Balaban J connectivity index is 1.64. The SMILES string of the molecule is C/C=C1/C(C)=CC[C@@H]1Nc1ccc2c(c1)c1ccccc1n2-c1ccccc1. The average molecular weight is 364 g/mol. The van der Waals surface area contributed by atoms with Crippen molar-refractivity contribution in [2.75, 3.05) is 5.32 Å². The average Bonchev–Trinajstić information content (AvgIpc) is 3.25. The summed E-state index contributed by atoms with van der Waals surface area (Å²) in [6.45, 7) is 4.33. The van der Waals surface area contributed by atoms with Crippen LogP contribution in [0.3, 0.4) is 0 Å². The Morgan fingerprint density at radius 3 is 2.46 bits per heavy atom. The van der Waals surface area contributed by atoms with Crippen molar-refractivity contribution in [3.8, 4) is 5.69 Å². The van der Waals surface area contributed by atoms with E-state index in [1.807, 2.05) is 0 Å². The highest BCUT2D eigenvalue weighted by Crippen LogP contribution is 2.35. The van der Waals surface area contributed by atoms with Crippen LogP contribution in [0.4, 0.5) is 5.69 Å². The number of aromatic nitrogens is 1. The number of anilines is 1. The van der Waals surface area contributed by atoms with E-state index in [4.69, 9.17) is 0 Å². The minimum absolute atomic E-state index is 0.366. The third-order valence-corrected chi connectivity index (χ3v) is 5.83. The molecule has 1 atom stereocenters. The molecule has 0 aliphatic heterocycles. The van der Waals surface area contributed by atoms with E-state index in [0.717, 1.165) is 6.42 Å². The Labute approximate surface area is 165 Å². The van der Waals surface area contributed by atoms with E-state index in [1.54, 1.807) is 0 Å². The summed E-state index contributed by atoms with van der Waals surface area (Å²) in [7, 11) is 0. The molecular weight excluding hydrogens is 340 g/mol. The van der Waals surface area contributed by atoms with Gasteiger partial charge in [-0.1, -0.05) is 54.1 Å². The molecule has 2 heteroatoms. The molecule has 138 valence electrons. The van der Waals surface area contributed by atoms with Crippen LogP contribution in [0.15, 0.2) is 96.1 Å². The second kappa shape index (κ2) is 6.72. The van der Waals surface area contributed by atoms with Crippen molar-refractivity contribution in [1.82, 2.24) is 4.57 Å². The first-order chi connectivity index (χ1) is 13.8. The van der Waals surface area contributed by atoms with Gasteiger partial charge >= 0.3 is 0 Å². The van der Waals surface area contributed by atoms with Crippen LogP contribution in [-0.2, 0) is 0 Å². The predicted molar refractivity (Wildman–Crippen MR) is 120 cm³/mol. The van der Waals surface area contributed by atoms with Crippen LogP contribution in [0.5, 0.6) is 0 Å². The molecule has 0 bridgehead atoms. The number of nitrogens with zero attached hydrogens (tertiary/aromatic N) is 1. The molecule has 1 N–H and O–H groups in total. The molecule has 4 aromatic rings. The van der Waals surface area contributed by atoms with Crippen LogP contribution in [0.25, 0.3) is 27.5 Å². The summed E-state index contributed by atoms with van der Waals surface area (Å²) in [4.78, 5) is 0. The molecule has 0 unspecified atom stereocenters. The van der Waals surface area contributed by atoms with Crippen molar-refractivity contribution in [2.24, 2.45) is 0 Å². The number of fused-ring (bicyclic) bond motifs is 3. The first-order valence-electron chi connectivity index (χ1n) is 9.95. The Hall–Kier alpha value is -3.26. The summed E-state index contributed by atoms with van der Waals surface area (Å²) in [5.41, 5.74) is 7.66. The van der Waals surface area contributed by atoms with E-state index in [1.165, 1.54) is 44.3 Å². The van der Waals surface area contributed by atoms with Gasteiger partial charge in [-0.15, -0.1) is 0 Å². The standard InChI is InChI=1S/C26H24N2/c1-3-21-18(2)13-15-24(21)27-19-14-16-26-23(17-19)22-11-7-8-12-25(22)28(26)20-9-5-4-6-10-20/h3-14,16-17,24,27H,15H2,1-2H3/b21-3-/t24-/m0/s1. The third kappa shape index (κ3) is 2.65. The van der Waals surface area contributed by atoms with Gasteiger partial charge in [0.15, 0.2) is 0 Å². The van der Waals surface area contributed by atoms with Gasteiger partial charge in [0.05, 0.1) is 17.1 Å². The molecule has 0 saturated heterocycles. The van der Waals surface area contributed by atoms with Crippen molar-refractivity contribution >= 4 is 27.5 Å². The van der Waals surface area contributed by atoms with Crippen LogP contribution in [0, 0.1) is 0 Å². The van der Waals surface area contributed by atoms with Gasteiger partial charge in [0.1, 0.15) is 0 Å². The fraction of sp³-hybridized carbons (Fsp3) is 0.154. The lowest BCUT2D eigenvalue weighted by molar-refractivity contribution is 0.889. The quantitative estimate of drug-likeness (QED) is 0.420. The molecule has 1 heterocycles. The summed E-state index contributed by atoms with van der Waals surface area (Å²) < 4.78 is 2.35. The van der Waals surface area contributed by atoms with Crippen molar-refractivity contribution < 1.29 is 0 Å². The largest absolute Gasteiger partial charge is 0.378 e. The minimum atomic E-state index is 0.366. The molecule has 0 spiro atoms. The lowest BCUT2D eigenvalue weighted by Crippen LogP contribution is -2.18. The van der Waals surface area contributed by atoms with Crippen LogP contribution < -0.4 is 5.32 Å². The van der Waals surface area contributed by atoms with Gasteiger partial charge in [-0.25, -0.2) is 0 Å².